The molecule has 0 unspecified atom stereocenters. The molecule has 1 saturated heterocycles. The fraction of sp³-hybridized carbons (Fsp3) is 0.364. The van der Waals surface area contributed by atoms with E-state index in [1.165, 1.54) is 6.07 Å². The third-order valence-corrected chi connectivity index (χ3v) is 5.92. The number of fused-ring (bicyclic) bond motifs is 1. The van der Waals surface area contributed by atoms with Gasteiger partial charge < -0.3 is 5.32 Å². The molecule has 1 heterocycles. The number of nitrogens with zero attached hydrogens (tertiary/aromatic N) is 2. The standard InChI is InChI=1S/C22H23N3O4/c1-13-4-3-5-15(10-13)23-19-9-7-16(12-20(19)25(28)29)24-21(26)17-8-6-14(2)11-18(17)22(24)27/h3-5,7,9-10,12,14,17-18,23H,6,8,11H2,1-2H3/t14-,17-,18+/m1/s1. The first-order valence-corrected chi connectivity index (χ1v) is 9.85. The number of hydrogen-bond acceptors (Lipinski definition) is 5. The lowest BCUT2D eigenvalue weighted by Gasteiger charge is -2.25. The molecule has 7 nitrogen and oxygen atoms in total. The number of imide groups is 1. The maximum absolute atomic E-state index is 12.9. The second kappa shape index (κ2) is 7.31. The SMILES string of the molecule is Cc1cccc(Nc2ccc(N3C(=O)[C@H]4C[C@H](C)CC[C@H]4C3=O)cc2[N+](=O)[O-])c1. The molecule has 2 amide bonds. The van der Waals surface area contributed by atoms with E-state index < -0.39 is 4.92 Å². The maximum atomic E-state index is 12.9. The molecule has 29 heavy (non-hydrogen) atoms. The topological polar surface area (TPSA) is 92.6 Å². The fourth-order valence-corrected chi connectivity index (χ4v) is 4.44. The number of rotatable bonds is 4. The maximum Gasteiger partial charge on any atom is 0.294 e. The summed E-state index contributed by atoms with van der Waals surface area (Å²) in [5.74, 6) is -0.678. The smallest absolute Gasteiger partial charge is 0.294 e. The summed E-state index contributed by atoms with van der Waals surface area (Å²) in [6.45, 7) is 4.03. The molecule has 3 atom stereocenters. The largest absolute Gasteiger partial charge is 0.350 e. The minimum Gasteiger partial charge on any atom is -0.350 e. The summed E-state index contributed by atoms with van der Waals surface area (Å²) >= 11 is 0. The van der Waals surface area contributed by atoms with Crippen molar-refractivity contribution in [2.45, 2.75) is 33.1 Å². The molecule has 2 fully saturated rings. The number of carbonyl (C=O) groups is 2. The molecule has 2 aromatic carbocycles. The lowest BCUT2D eigenvalue weighted by atomic mass is 9.76. The molecule has 150 valence electrons. The van der Waals surface area contributed by atoms with Gasteiger partial charge in [-0.1, -0.05) is 19.1 Å². The van der Waals surface area contributed by atoms with Crippen molar-refractivity contribution < 1.29 is 14.5 Å². The van der Waals surface area contributed by atoms with Crippen LogP contribution in [0.15, 0.2) is 42.5 Å². The lowest BCUT2D eigenvalue weighted by molar-refractivity contribution is -0.383. The zero-order chi connectivity index (χ0) is 20.7. The van der Waals surface area contributed by atoms with Crippen LogP contribution in [0.5, 0.6) is 0 Å². The Hall–Kier alpha value is -3.22. The van der Waals surface area contributed by atoms with Crippen LogP contribution in [-0.4, -0.2) is 16.7 Å². The van der Waals surface area contributed by atoms with E-state index in [4.69, 9.17) is 0 Å². The number of nitro groups is 1. The van der Waals surface area contributed by atoms with Crippen molar-refractivity contribution in [2.75, 3.05) is 10.2 Å². The number of amides is 2. The molecule has 1 aliphatic heterocycles. The minimum atomic E-state index is -0.498. The highest BCUT2D eigenvalue weighted by Crippen LogP contribution is 2.43. The molecule has 0 radical (unpaired) electrons. The Morgan fingerprint density at radius 3 is 2.55 bits per heavy atom. The Bertz CT molecular complexity index is 1000. The van der Waals surface area contributed by atoms with Crippen molar-refractivity contribution in [3.8, 4) is 0 Å². The van der Waals surface area contributed by atoms with Crippen LogP contribution in [0.3, 0.4) is 0 Å². The van der Waals surface area contributed by atoms with Gasteiger partial charge in [0.15, 0.2) is 0 Å². The second-order valence-electron chi connectivity index (χ2n) is 8.10. The highest BCUT2D eigenvalue weighted by Gasteiger charge is 2.50. The molecule has 0 aromatic heterocycles. The Balaban J connectivity index is 1.67. The van der Waals surface area contributed by atoms with Crippen molar-refractivity contribution in [2.24, 2.45) is 17.8 Å². The zero-order valence-corrected chi connectivity index (χ0v) is 16.4. The molecule has 0 bridgehead atoms. The quantitative estimate of drug-likeness (QED) is 0.466. The first-order chi connectivity index (χ1) is 13.8. The van der Waals surface area contributed by atoms with Gasteiger partial charge in [-0.05, 0) is 61.9 Å². The predicted octanol–water partition coefficient (Wildman–Crippen LogP) is 4.57. The van der Waals surface area contributed by atoms with Crippen LogP contribution in [0.4, 0.5) is 22.7 Å². The molecule has 1 aliphatic carbocycles. The normalized spacial score (nSPS) is 23.8. The van der Waals surface area contributed by atoms with Crippen LogP contribution in [0.2, 0.25) is 0 Å². The van der Waals surface area contributed by atoms with Crippen molar-refractivity contribution in [3.05, 3.63) is 58.1 Å². The number of nitrogens with one attached hydrogen (secondary N) is 1. The number of anilines is 3. The van der Waals surface area contributed by atoms with E-state index in [1.807, 2.05) is 31.2 Å². The molecular weight excluding hydrogens is 370 g/mol. The van der Waals surface area contributed by atoms with Gasteiger partial charge in [-0.25, -0.2) is 4.90 Å². The van der Waals surface area contributed by atoms with Crippen LogP contribution in [0, 0.1) is 34.8 Å². The Kier molecular flexibility index (Phi) is 4.82. The third-order valence-electron chi connectivity index (χ3n) is 5.92. The van der Waals surface area contributed by atoms with Gasteiger partial charge in [0.05, 0.1) is 22.4 Å². The van der Waals surface area contributed by atoms with Gasteiger partial charge in [0, 0.05) is 11.8 Å². The molecule has 0 spiro atoms. The number of aryl methyl sites for hydroxylation is 1. The van der Waals surface area contributed by atoms with Gasteiger partial charge in [-0.2, -0.15) is 0 Å². The number of hydrogen-bond donors (Lipinski definition) is 1. The van der Waals surface area contributed by atoms with Gasteiger partial charge in [-0.3, -0.25) is 19.7 Å². The van der Waals surface area contributed by atoms with Gasteiger partial charge in [0.25, 0.3) is 5.69 Å². The lowest BCUT2D eigenvalue weighted by Crippen LogP contribution is -2.30. The summed E-state index contributed by atoms with van der Waals surface area (Å²) in [6.07, 6.45) is 2.32. The highest BCUT2D eigenvalue weighted by atomic mass is 16.6. The van der Waals surface area contributed by atoms with Gasteiger partial charge >= 0.3 is 0 Å². The zero-order valence-electron chi connectivity index (χ0n) is 16.4. The van der Waals surface area contributed by atoms with Crippen LogP contribution >= 0.6 is 0 Å². The highest BCUT2D eigenvalue weighted by molar-refractivity contribution is 6.22. The van der Waals surface area contributed by atoms with Crippen molar-refractivity contribution in [1.29, 1.82) is 0 Å². The molecule has 1 N–H and O–H groups in total. The van der Waals surface area contributed by atoms with Crippen LogP contribution < -0.4 is 10.2 Å². The molecule has 1 saturated carbocycles. The predicted molar refractivity (Wildman–Crippen MR) is 110 cm³/mol. The van der Waals surface area contributed by atoms with Crippen LogP contribution in [0.25, 0.3) is 0 Å². The summed E-state index contributed by atoms with van der Waals surface area (Å²) in [7, 11) is 0. The first-order valence-electron chi connectivity index (χ1n) is 9.85. The van der Waals surface area contributed by atoms with Gasteiger partial charge in [0.1, 0.15) is 5.69 Å². The van der Waals surface area contributed by atoms with E-state index in [1.54, 1.807) is 12.1 Å². The summed E-state index contributed by atoms with van der Waals surface area (Å²) < 4.78 is 0. The average Bonchev–Trinajstić information content (AvgIpc) is 2.92. The first kappa shape index (κ1) is 19.1. The van der Waals surface area contributed by atoms with Crippen molar-refractivity contribution >= 4 is 34.6 Å². The monoisotopic (exact) mass is 393 g/mol. The summed E-state index contributed by atoms with van der Waals surface area (Å²) in [5.41, 5.74) is 2.17. The molecule has 4 rings (SSSR count). The number of carbonyl (C=O) groups excluding carboxylic acids is 2. The fourth-order valence-electron chi connectivity index (χ4n) is 4.44. The second-order valence-corrected chi connectivity index (χ2v) is 8.10. The van der Waals surface area contributed by atoms with E-state index in [0.29, 0.717) is 24.4 Å². The van der Waals surface area contributed by atoms with Gasteiger partial charge in [0.2, 0.25) is 11.8 Å². The summed E-state index contributed by atoms with van der Waals surface area (Å²) in [4.78, 5) is 38.1. The van der Waals surface area contributed by atoms with Crippen LogP contribution in [0.1, 0.15) is 31.7 Å². The molecule has 7 heteroatoms. The van der Waals surface area contributed by atoms with E-state index in [0.717, 1.165) is 22.6 Å². The van der Waals surface area contributed by atoms with Crippen LogP contribution in [-0.2, 0) is 9.59 Å². The third kappa shape index (κ3) is 3.48. The van der Waals surface area contributed by atoms with E-state index in [-0.39, 0.29) is 35.0 Å². The Labute approximate surface area is 168 Å². The average molecular weight is 393 g/mol. The summed E-state index contributed by atoms with van der Waals surface area (Å²) in [5, 5.41) is 14.7. The van der Waals surface area contributed by atoms with Crippen molar-refractivity contribution in [3.63, 3.8) is 0 Å². The van der Waals surface area contributed by atoms with Gasteiger partial charge in [-0.15, -0.1) is 0 Å². The minimum absolute atomic E-state index is 0.173. The van der Waals surface area contributed by atoms with E-state index >= 15 is 0 Å². The van der Waals surface area contributed by atoms with E-state index in [2.05, 4.69) is 12.2 Å². The Morgan fingerprint density at radius 2 is 1.83 bits per heavy atom. The number of benzene rings is 2. The van der Waals surface area contributed by atoms with Crippen molar-refractivity contribution in [1.82, 2.24) is 0 Å². The molecule has 2 aromatic rings. The van der Waals surface area contributed by atoms with E-state index in [9.17, 15) is 19.7 Å². The molecular formula is C22H23N3O4. The number of nitro benzene ring substituents is 1. The summed E-state index contributed by atoms with van der Waals surface area (Å²) in [6, 6.07) is 12.0. The Morgan fingerprint density at radius 1 is 1.07 bits per heavy atom. The molecule has 2 aliphatic rings.